The van der Waals surface area contributed by atoms with E-state index in [1.165, 1.54) is 7.05 Å². The number of imidazole rings is 2. The van der Waals surface area contributed by atoms with Gasteiger partial charge in [0, 0.05) is 18.6 Å². The molecule has 0 aliphatic heterocycles. The van der Waals surface area contributed by atoms with Crippen LogP contribution in [0.5, 0.6) is 0 Å². The number of sulfonamides is 1. The van der Waals surface area contributed by atoms with Crippen LogP contribution < -0.4 is 4.72 Å². The maximum absolute atomic E-state index is 12.0. The van der Waals surface area contributed by atoms with Crippen molar-refractivity contribution in [2.75, 3.05) is 18.6 Å². The van der Waals surface area contributed by atoms with E-state index in [1.807, 2.05) is 41.9 Å². The smallest absolute Gasteiger partial charge is 0.240 e. The topological polar surface area (TPSA) is 92.7 Å². The molecule has 164 valence electrons. The van der Waals surface area contributed by atoms with E-state index in [0.717, 1.165) is 57.6 Å². The molecular weight excluding hydrogens is 450 g/mol. The Morgan fingerprint density at radius 1 is 1.00 bits per heavy atom. The summed E-state index contributed by atoms with van der Waals surface area (Å²) in [5.41, 5.74) is 3.72. The summed E-state index contributed by atoms with van der Waals surface area (Å²) in [4.78, 5) is 12.8. The standard InChI is InChI=1S/C21H25N5O2S3/c1-22-31(27,28)15-10-11-19-18(14-15)25-21(26(19)2)30-13-7-3-6-12-29-20-23-16-8-4-5-9-17(16)24-20/h4-5,8-11,14,22H,3,6-7,12-13H2,1-2H3,(H,23,24). The van der Waals surface area contributed by atoms with Crippen LogP contribution in [0.1, 0.15) is 19.3 Å². The number of nitrogens with zero attached hydrogens (tertiary/aromatic N) is 3. The molecule has 0 unspecified atom stereocenters. The van der Waals surface area contributed by atoms with Crippen LogP contribution in [-0.2, 0) is 17.1 Å². The molecule has 0 aliphatic rings. The largest absolute Gasteiger partial charge is 0.333 e. The lowest BCUT2D eigenvalue weighted by atomic mass is 10.3. The molecule has 0 saturated carbocycles. The molecule has 31 heavy (non-hydrogen) atoms. The summed E-state index contributed by atoms with van der Waals surface area (Å²) in [6.07, 6.45) is 3.39. The fourth-order valence-electron chi connectivity index (χ4n) is 3.28. The van der Waals surface area contributed by atoms with Gasteiger partial charge in [-0.2, -0.15) is 0 Å². The van der Waals surface area contributed by atoms with Gasteiger partial charge in [0.15, 0.2) is 10.3 Å². The number of aromatic nitrogens is 4. The van der Waals surface area contributed by atoms with E-state index in [4.69, 9.17) is 0 Å². The molecule has 0 saturated heterocycles. The maximum atomic E-state index is 12.0. The molecule has 0 spiro atoms. The van der Waals surface area contributed by atoms with Crippen LogP contribution >= 0.6 is 23.5 Å². The van der Waals surface area contributed by atoms with Gasteiger partial charge in [0.25, 0.3) is 0 Å². The number of H-pyrrole nitrogens is 1. The second-order valence-corrected chi connectivity index (χ2v) is 11.2. The minimum Gasteiger partial charge on any atom is -0.333 e. The molecule has 0 radical (unpaired) electrons. The number of unbranched alkanes of at least 4 members (excludes halogenated alkanes) is 2. The van der Waals surface area contributed by atoms with Crippen molar-refractivity contribution in [2.24, 2.45) is 7.05 Å². The predicted molar refractivity (Wildman–Crippen MR) is 128 cm³/mol. The molecular formula is C21H25N5O2S3. The van der Waals surface area contributed by atoms with E-state index in [9.17, 15) is 8.42 Å². The van der Waals surface area contributed by atoms with Crippen molar-refractivity contribution in [2.45, 2.75) is 34.5 Å². The number of hydrogen-bond donors (Lipinski definition) is 2. The second-order valence-electron chi connectivity index (χ2n) is 7.13. The highest BCUT2D eigenvalue weighted by Crippen LogP contribution is 2.26. The van der Waals surface area contributed by atoms with Gasteiger partial charge >= 0.3 is 0 Å². The third-order valence-corrected chi connectivity index (χ3v) is 8.50. The van der Waals surface area contributed by atoms with Crippen molar-refractivity contribution in [3.05, 3.63) is 42.5 Å². The van der Waals surface area contributed by atoms with Gasteiger partial charge in [-0.1, -0.05) is 42.1 Å². The van der Waals surface area contributed by atoms with E-state index in [1.54, 1.807) is 35.7 Å². The van der Waals surface area contributed by atoms with Gasteiger partial charge in [-0.05, 0) is 50.2 Å². The molecule has 0 fully saturated rings. The highest BCUT2D eigenvalue weighted by atomic mass is 32.2. The van der Waals surface area contributed by atoms with E-state index < -0.39 is 10.0 Å². The normalized spacial score (nSPS) is 12.2. The summed E-state index contributed by atoms with van der Waals surface area (Å²) in [5.74, 6) is 2.02. The summed E-state index contributed by atoms with van der Waals surface area (Å²) in [7, 11) is -0.0884. The summed E-state index contributed by atoms with van der Waals surface area (Å²) >= 11 is 3.48. The molecule has 4 rings (SSSR count). The van der Waals surface area contributed by atoms with Gasteiger partial charge in [0.2, 0.25) is 10.0 Å². The molecule has 0 bridgehead atoms. The second kappa shape index (κ2) is 9.64. The fraction of sp³-hybridized carbons (Fsp3) is 0.333. The number of para-hydroxylation sites is 2. The Kier molecular flexibility index (Phi) is 6.90. The Bertz CT molecular complexity index is 1260. The van der Waals surface area contributed by atoms with E-state index >= 15 is 0 Å². The zero-order chi connectivity index (χ0) is 21.8. The van der Waals surface area contributed by atoms with Gasteiger partial charge in [0.1, 0.15) is 0 Å². The van der Waals surface area contributed by atoms with Crippen LogP contribution in [0.4, 0.5) is 0 Å². The minimum atomic E-state index is -3.47. The average Bonchev–Trinajstić information content (AvgIpc) is 3.33. The molecule has 2 aromatic carbocycles. The highest BCUT2D eigenvalue weighted by molar-refractivity contribution is 7.99. The number of thioether (sulfide) groups is 2. The van der Waals surface area contributed by atoms with Crippen LogP contribution in [0.25, 0.3) is 22.1 Å². The molecule has 7 nitrogen and oxygen atoms in total. The molecule has 2 N–H and O–H groups in total. The molecule has 0 aliphatic carbocycles. The number of nitrogens with one attached hydrogen (secondary N) is 2. The fourth-order valence-corrected chi connectivity index (χ4v) is 5.91. The zero-order valence-electron chi connectivity index (χ0n) is 17.5. The van der Waals surface area contributed by atoms with Crippen LogP contribution in [0.3, 0.4) is 0 Å². The van der Waals surface area contributed by atoms with Crippen LogP contribution in [-0.4, -0.2) is 46.5 Å². The first-order chi connectivity index (χ1) is 15.0. The first-order valence-electron chi connectivity index (χ1n) is 10.1. The predicted octanol–water partition coefficient (Wildman–Crippen LogP) is 4.41. The summed E-state index contributed by atoms with van der Waals surface area (Å²) < 4.78 is 28.4. The highest BCUT2D eigenvalue weighted by Gasteiger charge is 2.15. The lowest BCUT2D eigenvalue weighted by molar-refractivity contribution is 0.588. The van der Waals surface area contributed by atoms with Gasteiger partial charge in [-0.15, -0.1) is 0 Å². The van der Waals surface area contributed by atoms with Crippen LogP contribution in [0.15, 0.2) is 57.7 Å². The summed E-state index contributed by atoms with van der Waals surface area (Å²) in [6, 6.07) is 13.1. The van der Waals surface area contributed by atoms with E-state index in [0.29, 0.717) is 5.52 Å². The van der Waals surface area contributed by atoms with Crippen LogP contribution in [0, 0.1) is 0 Å². The summed E-state index contributed by atoms with van der Waals surface area (Å²) in [6.45, 7) is 0. The Morgan fingerprint density at radius 2 is 1.77 bits per heavy atom. The zero-order valence-corrected chi connectivity index (χ0v) is 19.9. The Balaban J connectivity index is 1.24. The molecule has 10 heteroatoms. The lowest BCUT2D eigenvalue weighted by Crippen LogP contribution is -2.18. The van der Waals surface area contributed by atoms with Gasteiger partial charge in [-0.25, -0.2) is 23.1 Å². The number of aryl methyl sites for hydroxylation is 1. The first kappa shape index (κ1) is 22.2. The van der Waals surface area contributed by atoms with Crippen molar-refractivity contribution < 1.29 is 8.42 Å². The third kappa shape index (κ3) is 5.08. The van der Waals surface area contributed by atoms with Crippen molar-refractivity contribution in [1.29, 1.82) is 0 Å². The molecule has 2 aromatic heterocycles. The van der Waals surface area contributed by atoms with Crippen molar-refractivity contribution in [1.82, 2.24) is 24.2 Å². The van der Waals surface area contributed by atoms with Crippen molar-refractivity contribution in [3.8, 4) is 0 Å². The Morgan fingerprint density at radius 3 is 2.55 bits per heavy atom. The van der Waals surface area contributed by atoms with Gasteiger partial charge < -0.3 is 9.55 Å². The number of rotatable bonds is 10. The van der Waals surface area contributed by atoms with Gasteiger partial charge in [0.05, 0.1) is 27.0 Å². The maximum Gasteiger partial charge on any atom is 0.240 e. The Hall–Kier alpha value is -2.01. The van der Waals surface area contributed by atoms with Crippen molar-refractivity contribution >= 4 is 55.6 Å². The molecule has 0 amide bonds. The lowest BCUT2D eigenvalue weighted by Gasteiger charge is -2.03. The number of benzene rings is 2. The number of fused-ring (bicyclic) bond motifs is 2. The monoisotopic (exact) mass is 475 g/mol. The quantitative estimate of drug-likeness (QED) is 0.261. The first-order valence-corrected chi connectivity index (χ1v) is 13.5. The third-order valence-electron chi connectivity index (χ3n) is 5.02. The SMILES string of the molecule is CNS(=O)(=O)c1ccc2c(c1)nc(SCCCCCSc1nc3ccccc3[nH]1)n2C. The van der Waals surface area contributed by atoms with Gasteiger partial charge in [-0.3, -0.25) is 0 Å². The molecule has 2 heterocycles. The number of hydrogen-bond acceptors (Lipinski definition) is 6. The van der Waals surface area contributed by atoms with Crippen molar-refractivity contribution in [3.63, 3.8) is 0 Å². The van der Waals surface area contributed by atoms with Crippen LogP contribution in [0.2, 0.25) is 0 Å². The molecule has 4 aromatic rings. The van der Waals surface area contributed by atoms with E-state index in [-0.39, 0.29) is 4.90 Å². The Labute approximate surface area is 190 Å². The minimum absolute atomic E-state index is 0.235. The summed E-state index contributed by atoms with van der Waals surface area (Å²) in [5, 5.41) is 1.89. The molecule has 0 atom stereocenters. The van der Waals surface area contributed by atoms with E-state index in [2.05, 4.69) is 19.7 Å². The average molecular weight is 476 g/mol. The number of aromatic amines is 1.